The lowest BCUT2D eigenvalue weighted by atomic mass is 9.81. The van der Waals surface area contributed by atoms with Crippen molar-refractivity contribution in [2.75, 3.05) is 0 Å². The topological polar surface area (TPSA) is 49.7 Å². The van der Waals surface area contributed by atoms with Crippen molar-refractivity contribution in [1.82, 2.24) is 0 Å². The number of carbonyl (C=O) groups is 1. The SMILES string of the molecule is CC(C)(C)N=CC1=C(O)CC(c2c(Cl)cccc2C(F)(F)F)CC1=O. The van der Waals surface area contributed by atoms with Gasteiger partial charge in [0.2, 0.25) is 0 Å². The molecule has 0 aromatic heterocycles. The van der Waals surface area contributed by atoms with Crippen molar-refractivity contribution in [1.29, 1.82) is 0 Å². The Kier molecular flexibility index (Phi) is 5.33. The van der Waals surface area contributed by atoms with E-state index in [0.29, 0.717) is 0 Å². The number of nitrogens with zero attached hydrogens (tertiary/aromatic N) is 1. The molecule has 1 aromatic carbocycles. The molecule has 0 saturated heterocycles. The van der Waals surface area contributed by atoms with E-state index in [9.17, 15) is 23.1 Å². The molecular weight excluding hydrogens is 355 g/mol. The maximum atomic E-state index is 13.3. The number of hydrogen-bond donors (Lipinski definition) is 1. The molecule has 3 nitrogen and oxygen atoms in total. The molecule has 1 aliphatic carbocycles. The molecule has 136 valence electrons. The van der Waals surface area contributed by atoms with E-state index in [4.69, 9.17) is 11.6 Å². The first-order chi connectivity index (χ1) is 11.4. The van der Waals surface area contributed by atoms with Crippen molar-refractivity contribution < 1.29 is 23.1 Å². The zero-order valence-electron chi connectivity index (χ0n) is 14.1. The van der Waals surface area contributed by atoms with Gasteiger partial charge < -0.3 is 5.11 Å². The molecule has 0 amide bonds. The molecule has 2 rings (SSSR count). The number of alkyl halides is 3. The van der Waals surface area contributed by atoms with Crippen LogP contribution in [0.3, 0.4) is 0 Å². The predicted molar refractivity (Wildman–Crippen MR) is 91.3 cm³/mol. The summed E-state index contributed by atoms with van der Waals surface area (Å²) in [6.07, 6.45) is -3.55. The molecule has 0 bridgehead atoms. The molecule has 1 N–H and O–H groups in total. The first-order valence-electron chi connectivity index (χ1n) is 7.76. The number of aliphatic hydroxyl groups excluding tert-OH is 1. The van der Waals surface area contributed by atoms with Crippen LogP contribution in [0.25, 0.3) is 0 Å². The molecule has 25 heavy (non-hydrogen) atoms. The van der Waals surface area contributed by atoms with Crippen LogP contribution in [-0.4, -0.2) is 22.6 Å². The van der Waals surface area contributed by atoms with E-state index < -0.39 is 29.0 Å². The van der Waals surface area contributed by atoms with Crippen LogP contribution in [0.15, 0.2) is 34.5 Å². The number of allylic oxidation sites excluding steroid dienone is 2. The summed E-state index contributed by atoms with van der Waals surface area (Å²) in [5.74, 6) is -1.54. The van der Waals surface area contributed by atoms with Crippen LogP contribution in [0.5, 0.6) is 0 Å². The number of halogens is 4. The maximum absolute atomic E-state index is 13.3. The number of carbonyl (C=O) groups excluding carboxylic acids is 1. The average Bonchev–Trinajstić information content (AvgIpc) is 2.43. The highest BCUT2D eigenvalue weighted by Gasteiger charge is 2.38. The number of ketones is 1. The first-order valence-corrected chi connectivity index (χ1v) is 8.14. The summed E-state index contributed by atoms with van der Waals surface area (Å²) in [6.45, 7) is 5.49. The fourth-order valence-electron chi connectivity index (χ4n) is 2.72. The third kappa shape index (κ3) is 4.63. The van der Waals surface area contributed by atoms with Crippen LogP contribution in [0.4, 0.5) is 13.2 Å². The molecule has 1 atom stereocenters. The largest absolute Gasteiger partial charge is 0.511 e. The standard InChI is InChI=1S/C18H19ClF3NO2/c1-17(2,3)23-9-11-14(24)7-10(8-15(11)25)16-12(18(20,21)22)5-4-6-13(16)19/h4-6,9-10,24H,7-8H2,1-3H3. The van der Waals surface area contributed by atoms with Gasteiger partial charge in [-0.2, -0.15) is 13.2 Å². The van der Waals surface area contributed by atoms with Crippen molar-refractivity contribution in [3.8, 4) is 0 Å². The molecular formula is C18H19ClF3NO2. The second-order valence-electron chi connectivity index (χ2n) is 7.02. The molecule has 0 heterocycles. The van der Waals surface area contributed by atoms with Crippen molar-refractivity contribution in [3.05, 3.63) is 45.7 Å². The van der Waals surface area contributed by atoms with Crippen molar-refractivity contribution in [2.45, 2.75) is 51.2 Å². The molecule has 1 aromatic rings. The molecule has 1 unspecified atom stereocenters. The summed E-state index contributed by atoms with van der Waals surface area (Å²) in [7, 11) is 0. The third-order valence-electron chi connectivity index (χ3n) is 3.83. The monoisotopic (exact) mass is 373 g/mol. The van der Waals surface area contributed by atoms with Gasteiger partial charge in [0.1, 0.15) is 5.76 Å². The summed E-state index contributed by atoms with van der Waals surface area (Å²) in [4.78, 5) is 16.5. The minimum Gasteiger partial charge on any atom is -0.511 e. The van der Waals surface area contributed by atoms with Gasteiger partial charge in [0, 0.05) is 30.0 Å². The Morgan fingerprint density at radius 2 is 1.88 bits per heavy atom. The van der Waals surface area contributed by atoms with E-state index in [0.717, 1.165) is 6.07 Å². The lowest BCUT2D eigenvalue weighted by Crippen LogP contribution is -2.23. The van der Waals surface area contributed by atoms with Crippen LogP contribution in [-0.2, 0) is 11.0 Å². The minimum absolute atomic E-state index is 0.0480. The van der Waals surface area contributed by atoms with Gasteiger partial charge in [-0.15, -0.1) is 0 Å². The molecule has 1 aliphatic rings. The van der Waals surface area contributed by atoms with Crippen LogP contribution >= 0.6 is 11.6 Å². The van der Waals surface area contributed by atoms with Gasteiger partial charge in [0.15, 0.2) is 5.78 Å². The van der Waals surface area contributed by atoms with Crippen LogP contribution in [0.1, 0.15) is 50.7 Å². The van der Waals surface area contributed by atoms with Crippen molar-refractivity contribution in [3.63, 3.8) is 0 Å². The van der Waals surface area contributed by atoms with Gasteiger partial charge in [-0.3, -0.25) is 9.79 Å². The first kappa shape index (κ1) is 19.5. The smallest absolute Gasteiger partial charge is 0.416 e. The molecule has 0 fully saturated rings. The van der Waals surface area contributed by atoms with E-state index in [1.54, 1.807) is 0 Å². The van der Waals surface area contributed by atoms with Gasteiger partial charge in [-0.25, -0.2) is 0 Å². The number of rotatable bonds is 2. The summed E-state index contributed by atoms with van der Waals surface area (Å²) in [5, 5.41) is 10.1. The highest BCUT2D eigenvalue weighted by atomic mass is 35.5. The van der Waals surface area contributed by atoms with E-state index >= 15 is 0 Å². The van der Waals surface area contributed by atoms with Crippen molar-refractivity contribution in [2.24, 2.45) is 4.99 Å². The molecule has 0 aliphatic heterocycles. The lowest BCUT2D eigenvalue weighted by molar-refractivity contribution is -0.138. The number of Topliss-reactive ketones (excluding diaryl/α,β-unsaturated/α-hetero) is 1. The van der Waals surface area contributed by atoms with Crippen molar-refractivity contribution >= 4 is 23.6 Å². The fourth-order valence-corrected chi connectivity index (χ4v) is 3.05. The van der Waals surface area contributed by atoms with Gasteiger partial charge in [-0.05, 0) is 38.5 Å². The van der Waals surface area contributed by atoms with E-state index in [2.05, 4.69) is 4.99 Å². The predicted octanol–water partition coefficient (Wildman–Crippen LogP) is 5.49. The van der Waals surface area contributed by atoms with Gasteiger partial charge >= 0.3 is 6.18 Å². The second-order valence-corrected chi connectivity index (χ2v) is 7.42. The quantitative estimate of drug-likeness (QED) is 0.697. The van der Waals surface area contributed by atoms with Gasteiger partial charge in [0.05, 0.1) is 16.7 Å². The molecule has 7 heteroatoms. The van der Waals surface area contributed by atoms with E-state index in [-0.39, 0.29) is 34.8 Å². The average molecular weight is 374 g/mol. The van der Waals surface area contributed by atoms with E-state index in [1.165, 1.54) is 18.3 Å². The Bertz CT molecular complexity index is 746. The Hall–Kier alpha value is -1.82. The van der Waals surface area contributed by atoms with Crippen LogP contribution in [0, 0.1) is 0 Å². The Labute approximate surface area is 149 Å². The van der Waals surface area contributed by atoms with Gasteiger partial charge in [-0.1, -0.05) is 17.7 Å². The zero-order chi connectivity index (χ0) is 19.0. The zero-order valence-corrected chi connectivity index (χ0v) is 14.9. The van der Waals surface area contributed by atoms with Gasteiger partial charge in [0.25, 0.3) is 0 Å². The van der Waals surface area contributed by atoms with Crippen LogP contribution in [0.2, 0.25) is 5.02 Å². The highest BCUT2D eigenvalue weighted by molar-refractivity contribution is 6.31. The summed E-state index contributed by atoms with van der Waals surface area (Å²) in [5.41, 5.74) is -1.41. The highest BCUT2D eigenvalue weighted by Crippen LogP contribution is 2.43. The molecule has 0 saturated carbocycles. The maximum Gasteiger partial charge on any atom is 0.416 e. The second kappa shape index (κ2) is 6.83. The number of hydrogen-bond acceptors (Lipinski definition) is 3. The number of aliphatic imine (C=N–C) groups is 1. The lowest BCUT2D eigenvalue weighted by Gasteiger charge is -2.26. The minimum atomic E-state index is -4.59. The fraction of sp³-hybridized carbons (Fsp3) is 0.444. The third-order valence-corrected chi connectivity index (χ3v) is 4.16. The Balaban J connectivity index is 2.43. The summed E-state index contributed by atoms with van der Waals surface area (Å²) in [6, 6.07) is 3.51. The number of aliphatic hydroxyl groups is 1. The van der Waals surface area contributed by atoms with E-state index in [1.807, 2.05) is 20.8 Å². The molecule has 0 spiro atoms. The Morgan fingerprint density at radius 3 is 2.40 bits per heavy atom. The molecule has 0 radical (unpaired) electrons. The number of benzene rings is 1. The normalized spacial score (nSPS) is 19.8. The summed E-state index contributed by atoms with van der Waals surface area (Å²) >= 11 is 5.99. The Morgan fingerprint density at radius 1 is 1.24 bits per heavy atom. The van der Waals surface area contributed by atoms with Crippen LogP contribution < -0.4 is 0 Å². The summed E-state index contributed by atoms with van der Waals surface area (Å²) < 4.78 is 39.8.